The molecule has 8 nitrogen and oxygen atoms in total. The Balaban J connectivity index is 0.00000112. The van der Waals surface area contributed by atoms with Crippen molar-refractivity contribution in [2.45, 2.75) is 231 Å². The van der Waals surface area contributed by atoms with E-state index in [4.69, 9.17) is 9.47 Å². The van der Waals surface area contributed by atoms with Crippen LogP contribution in [0.3, 0.4) is 0 Å². The molecule has 4 unspecified atom stereocenters. The van der Waals surface area contributed by atoms with Crippen LogP contribution in [-0.4, -0.2) is 95.4 Å². The van der Waals surface area contributed by atoms with Gasteiger partial charge in [0.05, 0.1) is 37.6 Å². The van der Waals surface area contributed by atoms with E-state index in [1.807, 2.05) is 36.4 Å². The molecule has 0 fully saturated rings. The molecule has 0 radical (unpaired) electrons. The topological polar surface area (TPSA) is 139 Å². The number of carboxylic acid groups (broad SMARTS) is 2. The number of carboxylic acids is 2. The van der Waals surface area contributed by atoms with Gasteiger partial charge in [-0.1, -0.05) is 164 Å². The van der Waals surface area contributed by atoms with E-state index >= 15 is 0 Å². The number of ether oxygens (including phenoxy) is 2. The largest absolute Gasteiger partial charge is 2.00 e. The number of aliphatic hydroxyl groups is 2. The monoisotopic (exact) mass is 949 g/mol. The number of rotatable bonds is 38. The Hall–Kier alpha value is -1.21. The van der Waals surface area contributed by atoms with Gasteiger partial charge in [0.2, 0.25) is 0 Å². The van der Waals surface area contributed by atoms with Crippen LogP contribution in [0.4, 0.5) is 0 Å². The summed E-state index contributed by atoms with van der Waals surface area (Å²) in [7, 11) is 0. The summed E-state index contributed by atoms with van der Waals surface area (Å²) in [5, 5.41) is 41.7. The van der Waals surface area contributed by atoms with Gasteiger partial charge in [-0.05, 0) is 101 Å². The Morgan fingerprint density at radius 2 is 0.763 bits per heavy atom. The second kappa shape index (κ2) is 42.1. The first-order valence-corrected chi connectivity index (χ1v) is 23.3. The molecule has 0 aromatic heterocycles. The van der Waals surface area contributed by atoms with E-state index < -0.39 is 11.9 Å². The molecule has 0 amide bonds. The number of carbonyl (C=O) groups excluding carboxylic acids is 2. The van der Waals surface area contributed by atoms with E-state index in [2.05, 4.69) is 38.1 Å². The normalized spacial score (nSPS) is 13.1. The average Bonchev–Trinajstić information content (AvgIpc) is 3.22. The van der Waals surface area contributed by atoms with Crippen LogP contribution in [0.2, 0.25) is 0 Å². The van der Waals surface area contributed by atoms with Crippen molar-refractivity contribution in [3.8, 4) is 0 Å². The van der Waals surface area contributed by atoms with Crippen LogP contribution in [0.15, 0.2) is 60.7 Å². The van der Waals surface area contributed by atoms with Gasteiger partial charge in [0, 0.05) is 11.9 Å². The zero-order valence-corrected chi connectivity index (χ0v) is 41.8. The molecule has 0 spiro atoms. The van der Waals surface area contributed by atoms with Gasteiger partial charge in [0.1, 0.15) is 0 Å². The molecule has 2 N–H and O–H groups in total. The molecule has 59 heavy (non-hydrogen) atoms. The van der Waals surface area contributed by atoms with Crippen LogP contribution in [0.5, 0.6) is 0 Å². The molecular formula is C50H82BaO8. The molecule has 4 atom stereocenters. The van der Waals surface area contributed by atoms with Gasteiger partial charge >= 0.3 is 48.9 Å². The van der Waals surface area contributed by atoms with E-state index in [1.54, 1.807) is 0 Å². The second-order valence-electron chi connectivity index (χ2n) is 16.4. The first-order valence-electron chi connectivity index (χ1n) is 23.3. The summed E-state index contributed by atoms with van der Waals surface area (Å²) in [6.07, 6.45) is 26.8. The quantitative estimate of drug-likeness (QED) is 0.0501. The number of aliphatic carboxylic acids is 2. The van der Waals surface area contributed by atoms with Crippen LogP contribution in [0.1, 0.15) is 205 Å². The molecule has 0 aliphatic rings. The number of hydrogen-bond acceptors (Lipinski definition) is 8. The zero-order valence-electron chi connectivity index (χ0n) is 37.3. The van der Waals surface area contributed by atoms with E-state index in [9.17, 15) is 30.0 Å². The molecule has 0 heterocycles. The molecule has 0 aliphatic carbocycles. The Labute approximate surface area is 400 Å². The molecular weight excluding hydrogens is 866 g/mol. The van der Waals surface area contributed by atoms with Crippen molar-refractivity contribution in [2.75, 3.05) is 0 Å². The summed E-state index contributed by atoms with van der Waals surface area (Å²) >= 11 is 0. The summed E-state index contributed by atoms with van der Waals surface area (Å²) in [6, 6.07) is 20.2. The van der Waals surface area contributed by atoms with Crippen LogP contribution in [0, 0.1) is 0 Å². The van der Waals surface area contributed by atoms with Crippen LogP contribution in [-0.2, 0) is 32.3 Å². The molecule has 332 valence electrons. The summed E-state index contributed by atoms with van der Waals surface area (Å²) < 4.78 is 12.2. The fraction of sp³-hybridized carbons (Fsp3) is 0.720. The summed E-state index contributed by atoms with van der Waals surface area (Å²) in [5.41, 5.74) is 2.30. The first kappa shape index (κ1) is 57.8. The van der Waals surface area contributed by atoms with E-state index in [-0.39, 0.29) is 86.1 Å². The summed E-state index contributed by atoms with van der Waals surface area (Å²) in [6.45, 7) is 5.60. The molecule has 0 saturated heterocycles. The zero-order chi connectivity index (χ0) is 42.3. The first-order chi connectivity index (χ1) is 28.2. The van der Waals surface area contributed by atoms with Crippen LogP contribution in [0.25, 0.3) is 0 Å². The molecule has 2 rings (SSSR count). The SMILES string of the molecule is CCCCCCCCC(O)CCCC(CCCCC(=O)[O-])OCc1ccccc1.CCCCCCCCC(O)CCCC(CCCCC(=O)[O-])OCc1ccccc1.[Ba+2]. The molecule has 2 aromatic rings. The second-order valence-corrected chi connectivity index (χ2v) is 16.4. The number of carbonyl (C=O) groups is 2. The van der Waals surface area contributed by atoms with Crippen molar-refractivity contribution >= 4 is 60.8 Å². The number of unbranched alkanes of at least 4 members (excludes halogenated alkanes) is 12. The van der Waals surface area contributed by atoms with E-state index in [1.165, 1.54) is 64.2 Å². The average molecular weight is 949 g/mol. The van der Waals surface area contributed by atoms with Crippen molar-refractivity contribution in [3.63, 3.8) is 0 Å². The third kappa shape index (κ3) is 38.2. The molecule has 0 saturated carbocycles. The van der Waals surface area contributed by atoms with Gasteiger partial charge in [0.25, 0.3) is 0 Å². The van der Waals surface area contributed by atoms with Crippen LogP contribution < -0.4 is 10.2 Å². The van der Waals surface area contributed by atoms with Crippen molar-refractivity contribution in [2.24, 2.45) is 0 Å². The maximum absolute atomic E-state index is 10.6. The third-order valence-corrected chi connectivity index (χ3v) is 10.9. The minimum atomic E-state index is -0.982. The number of benzene rings is 2. The van der Waals surface area contributed by atoms with Crippen molar-refractivity contribution < 1.29 is 39.5 Å². The van der Waals surface area contributed by atoms with E-state index in [0.717, 1.165) is 101 Å². The Bertz CT molecular complexity index is 1110. The minimum absolute atomic E-state index is 0. The van der Waals surface area contributed by atoms with Crippen molar-refractivity contribution in [3.05, 3.63) is 71.8 Å². The minimum Gasteiger partial charge on any atom is -0.550 e. The van der Waals surface area contributed by atoms with Gasteiger partial charge in [-0.15, -0.1) is 0 Å². The number of hydrogen-bond donors (Lipinski definition) is 2. The molecule has 0 aliphatic heterocycles. The van der Waals surface area contributed by atoms with E-state index in [0.29, 0.717) is 26.1 Å². The van der Waals surface area contributed by atoms with Gasteiger partial charge in [-0.2, -0.15) is 0 Å². The van der Waals surface area contributed by atoms with Crippen molar-refractivity contribution in [1.29, 1.82) is 0 Å². The Morgan fingerprint density at radius 3 is 1.12 bits per heavy atom. The number of aliphatic hydroxyl groups excluding tert-OH is 2. The molecule has 2 aromatic carbocycles. The molecule has 9 heteroatoms. The maximum Gasteiger partial charge on any atom is 2.00 e. The van der Waals surface area contributed by atoms with Crippen LogP contribution >= 0.6 is 0 Å². The Morgan fingerprint density at radius 1 is 0.458 bits per heavy atom. The summed E-state index contributed by atoms with van der Waals surface area (Å²) in [4.78, 5) is 21.2. The van der Waals surface area contributed by atoms with Crippen molar-refractivity contribution in [1.82, 2.24) is 0 Å². The predicted octanol–water partition coefficient (Wildman–Crippen LogP) is 9.95. The maximum atomic E-state index is 10.6. The summed E-state index contributed by atoms with van der Waals surface area (Å²) in [5.74, 6) is -1.96. The van der Waals surface area contributed by atoms with Gasteiger partial charge < -0.3 is 39.5 Å². The molecule has 0 bridgehead atoms. The van der Waals surface area contributed by atoms with Gasteiger partial charge in [-0.3, -0.25) is 0 Å². The van der Waals surface area contributed by atoms with Gasteiger partial charge in [-0.25, -0.2) is 0 Å². The fourth-order valence-electron chi connectivity index (χ4n) is 7.25. The fourth-order valence-corrected chi connectivity index (χ4v) is 7.25. The Kier molecular flexibility index (Phi) is 41.2. The standard InChI is InChI=1S/2C25H42O4.Ba/c2*1-2-3-4-5-6-10-16-23(26)17-13-19-24(18-11-12-20-25(27)28)29-21-22-14-8-7-9-15-22;/h2*7-9,14-15,23-24,26H,2-6,10-13,16-21H2,1H3,(H,27,28);/q;;+2/p-2. The smallest absolute Gasteiger partial charge is 0.550 e. The van der Waals surface area contributed by atoms with Gasteiger partial charge in [0.15, 0.2) is 0 Å². The third-order valence-electron chi connectivity index (χ3n) is 10.9. The predicted molar refractivity (Wildman–Crippen MR) is 238 cm³/mol.